The van der Waals surface area contributed by atoms with E-state index in [1.807, 2.05) is 19.2 Å². The van der Waals surface area contributed by atoms with Gasteiger partial charge in [0.25, 0.3) is 0 Å². The second-order valence-corrected chi connectivity index (χ2v) is 5.08. The third kappa shape index (κ3) is 2.56. The van der Waals surface area contributed by atoms with E-state index in [1.165, 1.54) is 31.2 Å². The van der Waals surface area contributed by atoms with Crippen molar-refractivity contribution >= 4 is 0 Å². The van der Waals surface area contributed by atoms with Crippen molar-refractivity contribution in [2.24, 2.45) is 5.41 Å². The lowest BCUT2D eigenvalue weighted by Crippen LogP contribution is -2.32. The summed E-state index contributed by atoms with van der Waals surface area (Å²) < 4.78 is 0. The summed E-state index contributed by atoms with van der Waals surface area (Å²) in [5.41, 5.74) is 1.68. The van der Waals surface area contributed by atoms with Crippen LogP contribution in [0.15, 0.2) is 24.3 Å². The minimum atomic E-state index is 0.384. The molecule has 2 heteroatoms. The lowest BCUT2D eigenvalue weighted by Gasteiger charge is -2.29. The van der Waals surface area contributed by atoms with Gasteiger partial charge in [0.1, 0.15) is 5.75 Å². The van der Waals surface area contributed by atoms with Crippen molar-refractivity contribution in [3.05, 3.63) is 29.8 Å². The first kappa shape index (κ1) is 11.5. The van der Waals surface area contributed by atoms with E-state index in [-0.39, 0.29) is 0 Å². The van der Waals surface area contributed by atoms with Crippen molar-refractivity contribution in [2.75, 3.05) is 13.6 Å². The Balaban J connectivity index is 2.11. The number of rotatable bonds is 4. The van der Waals surface area contributed by atoms with Crippen LogP contribution in [0, 0.1) is 5.41 Å². The number of aromatic hydroxyl groups is 1. The van der Waals surface area contributed by atoms with Gasteiger partial charge >= 0.3 is 0 Å². The fourth-order valence-electron chi connectivity index (χ4n) is 3.02. The van der Waals surface area contributed by atoms with E-state index in [0.717, 1.165) is 13.0 Å². The van der Waals surface area contributed by atoms with Crippen molar-refractivity contribution in [1.29, 1.82) is 0 Å². The van der Waals surface area contributed by atoms with Crippen LogP contribution in [-0.2, 0) is 6.42 Å². The monoisotopic (exact) mass is 219 g/mol. The molecule has 2 rings (SSSR count). The van der Waals surface area contributed by atoms with Gasteiger partial charge in [-0.3, -0.25) is 0 Å². The summed E-state index contributed by atoms with van der Waals surface area (Å²) in [4.78, 5) is 0. The molecule has 0 aliphatic heterocycles. The molecule has 1 saturated carbocycles. The van der Waals surface area contributed by atoms with Crippen molar-refractivity contribution in [1.82, 2.24) is 5.32 Å². The van der Waals surface area contributed by atoms with Crippen LogP contribution in [0.1, 0.15) is 31.2 Å². The van der Waals surface area contributed by atoms with Crippen LogP contribution in [0.2, 0.25) is 0 Å². The molecule has 1 fully saturated rings. The van der Waals surface area contributed by atoms with Gasteiger partial charge in [-0.2, -0.15) is 0 Å². The molecule has 0 atom stereocenters. The fourth-order valence-corrected chi connectivity index (χ4v) is 3.02. The predicted molar refractivity (Wildman–Crippen MR) is 66.6 cm³/mol. The van der Waals surface area contributed by atoms with Gasteiger partial charge in [0.15, 0.2) is 0 Å². The third-order valence-electron chi connectivity index (χ3n) is 3.71. The lowest BCUT2D eigenvalue weighted by atomic mass is 9.80. The molecule has 1 aliphatic rings. The van der Waals surface area contributed by atoms with E-state index >= 15 is 0 Å². The minimum Gasteiger partial charge on any atom is -0.508 e. The van der Waals surface area contributed by atoms with E-state index in [0.29, 0.717) is 11.2 Å². The van der Waals surface area contributed by atoms with Crippen LogP contribution < -0.4 is 5.32 Å². The van der Waals surface area contributed by atoms with Gasteiger partial charge in [0, 0.05) is 6.54 Å². The highest BCUT2D eigenvalue weighted by molar-refractivity contribution is 5.28. The summed E-state index contributed by atoms with van der Waals surface area (Å²) in [6.07, 6.45) is 6.40. The molecule has 0 aromatic heterocycles. The molecule has 0 bridgehead atoms. The molecule has 2 nitrogen and oxygen atoms in total. The van der Waals surface area contributed by atoms with Crippen LogP contribution >= 0.6 is 0 Å². The molecule has 0 radical (unpaired) electrons. The third-order valence-corrected chi connectivity index (χ3v) is 3.71. The van der Waals surface area contributed by atoms with Crippen molar-refractivity contribution in [3.8, 4) is 5.75 Å². The van der Waals surface area contributed by atoms with Crippen LogP contribution in [0.4, 0.5) is 0 Å². The molecular formula is C14H21NO. The van der Waals surface area contributed by atoms with Crippen LogP contribution in [0.5, 0.6) is 5.75 Å². The topological polar surface area (TPSA) is 32.3 Å². The van der Waals surface area contributed by atoms with E-state index in [2.05, 4.69) is 11.4 Å². The maximum atomic E-state index is 9.49. The Morgan fingerprint density at radius 3 is 2.69 bits per heavy atom. The summed E-state index contributed by atoms with van der Waals surface area (Å²) in [6, 6.07) is 7.70. The number of phenols is 1. The molecule has 1 aliphatic carbocycles. The first-order chi connectivity index (χ1) is 7.74. The molecule has 88 valence electrons. The average Bonchev–Trinajstić information content (AvgIpc) is 2.67. The van der Waals surface area contributed by atoms with Gasteiger partial charge < -0.3 is 10.4 Å². The lowest BCUT2D eigenvalue weighted by molar-refractivity contribution is 0.285. The summed E-state index contributed by atoms with van der Waals surface area (Å²) in [5, 5.41) is 12.8. The van der Waals surface area contributed by atoms with Gasteiger partial charge in [0.2, 0.25) is 0 Å². The van der Waals surface area contributed by atoms with Crippen LogP contribution in [0.25, 0.3) is 0 Å². The molecule has 0 heterocycles. The summed E-state index contributed by atoms with van der Waals surface area (Å²) in [5.74, 6) is 0.384. The van der Waals surface area contributed by atoms with E-state index in [9.17, 15) is 5.11 Å². The molecule has 0 spiro atoms. The molecule has 16 heavy (non-hydrogen) atoms. The van der Waals surface area contributed by atoms with Crippen molar-refractivity contribution in [3.63, 3.8) is 0 Å². The Morgan fingerprint density at radius 1 is 1.31 bits per heavy atom. The zero-order chi connectivity index (χ0) is 11.4. The van der Waals surface area contributed by atoms with Crippen molar-refractivity contribution < 1.29 is 5.11 Å². The summed E-state index contributed by atoms with van der Waals surface area (Å²) >= 11 is 0. The predicted octanol–water partition coefficient (Wildman–Crippen LogP) is 2.71. The second kappa shape index (κ2) is 4.88. The standard InChI is InChI=1S/C14H21NO/c1-15-11-14(7-2-3-8-14)10-12-5-4-6-13(16)9-12/h4-6,9,15-16H,2-3,7-8,10-11H2,1H3. The van der Waals surface area contributed by atoms with Gasteiger partial charge in [-0.05, 0) is 49.4 Å². The fraction of sp³-hybridized carbons (Fsp3) is 0.571. The zero-order valence-corrected chi connectivity index (χ0v) is 10.00. The first-order valence-electron chi connectivity index (χ1n) is 6.17. The SMILES string of the molecule is CNCC1(Cc2cccc(O)c2)CCCC1. The number of hydrogen-bond acceptors (Lipinski definition) is 2. The summed E-state index contributed by atoms with van der Waals surface area (Å²) in [7, 11) is 2.03. The van der Waals surface area contributed by atoms with E-state index < -0.39 is 0 Å². The number of hydrogen-bond donors (Lipinski definition) is 2. The first-order valence-corrected chi connectivity index (χ1v) is 6.17. The maximum absolute atomic E-state index is 9.49. The van der Waals surface area contributed by atoms with Gasteiger partial charge in [-0.25, -0.2) is 0 Å². The van der Waals surface area contributed by atoms with Gasteiger partial charge in [-0.1, -0.05) is 25.0 Å². The van der Waals surface area contributed by atoms with E-state index in [1.54, 1.807) is 6.07 Å². The Labute approximate surface area is 97.7 Å². The molecule has 0 unspecified atom stereocenters. The molecule has 1 aromatic carbocycles. The quantitative estimate of drug-likeness (QED) is 0.816. The zero-order valence-electron chi connectivity index (χ0n) is 10.00. The molecule has 2 N–H and O–H groups in total. The highest BCUT2D eigenvalue weighted by Gasteiger charge is 2.33. The second-order valence-electron chi connectivity index (χ2n) is 5.08. The highest BCUT2D eigenvalue weighted by atomic mass is 16.3. The van der Waals surface area contributed by atoms with Crippen LogP contribution in [-0.4, -0.2) is 18.7 Å². The molecule has 1 aromatic rings. The van der Waals surface area contributed by atoms with E-state index in [4.69, 9.17) is 0 Å². The maximum Gasteiger partial charge on any atom is 0.115 e. The molecular weight excluding hydrogens is 198 g/mol. The average molecular weight is 219 g/mol. The van der Waals surface area contributed by atoms with Crippen molar-refractivity contribution in [2.45, 2.75) is 32.1 Å². The smallest absolute Gasteiger partial charge is 0.115 e. The number of benzene rings is 1. The number of nitrogens with one attached hydrogen (secondary N) is 1. The normalized spacial score (nSPS) is 18.8. The molecule has 0 saturated heterocycles. The Morgan fingerprint density at radius 2 is 2.06 bits per heavy atom. The highest BCUT2D eigenvalue weighted by Crippen LogP contribution is 2.40. The Kier molecular flexibility index (Phi) is 3.49. The van der Waals surface area contributed by atoms with Gasteiger partial charge in [0.05, 0.1) is 0 Å². The van der Waals surface area contributed by atoms with Crippen LogP contribution in [0.3, 0.4) is 0 Å². The minimum absolute atomic E-state index is 0.384. The van der Waals surface area contributed by atoms with Gasteiger partial charge in [-0.15, -0.1) is 0 Å². The molecule has 0 amide bonds. The Bertz CT molecular complexity index is 342. The largest absolute Gasteiger partial charge is 0.508 e. The Hall–Kier alpha value is -1.02. The summed E-state index contributed by atoms with van der Waals surface area (Å²) in [6.45, 7) is 1.09. The number of phenolic OH excluding ortho intramolecular Hbond substituents is 1.